The van der Waals surface area contributed by atoms with Crippen molar-refractivity contribution in [3.63, 3.8) is 0 Å². The molecule has 3 nitrogen and oxygen atoms in total. The van der Waals surface area contributed by atoms with Crippen molar-refractivity contribution in [3.05, 3.63) is 58.3 Å². The molecule has 1 heterocycles. The smallest absolute Gasteiger partial charge is 0.253 e. The summed E-state index contributed by atoms with van der Waals surface area (Å²) in [7, 11) is 0. The number of hydrogen-bond donors (Lipinski definition) is 1. The maximum Gasteiger partial charge on any atom is 0.253 e. The summed E-state index contributed by atoms with van der Waals surface area (Å²) in [5.41, 5.74) is 0.234. The van der Waals surface area contributed by atoms with Crippen molar-refractivity contribution in [2.24, 2.45) is 0 Å². The average molecular weight is 282 g/mol. The molecule has 19 heavy (non-hydrogen) atoms. The van der Waals surface area contributed by atoms with E-state index >= 15 is 0 Å². The van der Waals surface area contributed by atoms with E-state index in [0.29, 0.717) is 5.76 Å². The van der Waals surface area contributed by atoms with Crippen molar-refractivity contribution in [2.75, 3.05) is 0 Å². The highest BCUT2D eigenvalue weighted by atomic mass is 35.5. The third-order valence-electron chi connectivity index (χ3n) is 2.71. The predicted octanol–water partition coefficient (Wildman–Crippen LogP) is 3.87. The van der Waals surface area contributed by atoms with Crippen LogP contribution in [0.3, 0.4) is 0 Å². The maximum atomic E-state index is 12.9. The number of benzene rings is 1. The summed E-state index contributed by atoms with van der Waals surface area (Å²) in [4.78, 5) is 12.0. The summed E-state index contributed by atoms with van der Waals surface area (Å²) in [6.07, 6.45) is 0. The van der Waals surface area contributed by atoms with Crippen LogP contribution >= 0.6 is 11.6 Å². The summed E-state index contributed by atoms with van der Waals surface area (Å²) < 4.78 is 18.3. The molecule has 0 aliphatic carbocycles. The Morgan fingerprint density at radius 3 is 2.68 bits per heavy atom. The van der Waals surface area contributed by atoms with Gasteiger partial charge in [-0.1, -0.05) is 11.6 Å². The highest BCUT2D eigenvalue weighted by Gasteiger charge is 2.16. The normalized spacial score (nSPS) is 12.2. The van der Waals surface area contributed by atoms with Crippen LogP contribution in [0, 0.1) is 12.7 Å². The van der Waals surface area contributed by atoms with E-state index in [9.17, 15) is 9.18 Å². The van der Waals surface area contributed by atoms with E-state index in [-0.39, 0.29) is 22.5 Å². The molecular formula is C14H13ClFNO2. The second-order valence-corrected chi connectivity index (χ2v) is 4.67. The molecule has 1 aromatic carbocycles. The van der Waals surface area contributed by atoms with Gasteiger partial charge in [-0.25, -0.2) is 4.39 Å². The van der Waals surface area contributed by atoms with Crippen LogP contribution in [0.4, 0.5) is 4.39 Å². The van der Waals surface area contributed by atoms with Crippen LogP contribution in [0.2, 0.25) is 5.02 Å². The van der Waals surface area contributed by atoms with E-state index in [1.165, 1.54) is 12.1 Å². The predicted molar refractivity (Wildman–Crippen MR) is 70.7 cm³/mol. The Morgan fingerprint density at radius 2 is 2.11 bits per heavy atom. The first-order valence-electron chi connectivity index (χ1n) is 5.79. The molecule has 0 fully saturated rings. The van der Waals surface area contributed by atoms with E-state index in [2.05, 4.69) is 5.32 Å². The van der Waals surface area contributed by atoms with Gasteiger partial charge in [-0.05, 0) is 44.2 Å². The van der Waals surface area contributed by atoms with Crippen molar-refractivity contribution in [1.82, 2.24) is 5.32 Å². The van der Waals surface area contributed by atoms with Gasteiger partial charge >= 0.3 is 0 Å². The van der Waals surface area contributed by atoms with Gasteiger partial charge < -0.3 is 9.73 Å². The Labute approximate surface area is 115 Å². The zero-order valence-corrected chi connectivity index (χ0v) is 11.3. The number of furan rings is 1. The Bertz CT molecular complexity index is 609. The van der Waals surface area contributed by atoms with E-state index in [0.717, 1.165) is 11.8 Å². The van der Waals surface area contributed by atoms with Crippen molar-refractivity contribution in [1.29, 1.82) is 0 Å². The lowest BCUT2D eigenvalue weighted by Gasteiger charge is -2.12. The molecule has 0 spiro atoms. The fourth-order valence-corrected chi connectivity index (χ4v) is 1.96. The minimum absolute atomic E-state index is 0.0836. The fraction of sp³-hybridized carbons (Fsp3) is 0.214. The van der Waals surface area contributed by atoms with Gasteiger partial charge in [-0.2, -0.15) is 0 Å². The Balaban J connectivity index is 2.12. The molecule has 2 rings (SSSR count). The zero-order valence-electron chi connectivity index (χ0n) is 10.5. The van der Waals surface area contributed by atoms with E-state index in [1.54, 1.807) is 13.0 Å². The zero-order chi connectivity index (χ0) is 14.0. The van der Waals surface area contributed by atoms with E-state index in [4.69, 9.17) is 16.0 Å². The minimum atomic E-state index is -0.476. The van der Waals surface area contributed by atoms with Crippen LogP contribution in [0.25, 0.3) is 0 Å². The average Bonchev–Trinajstić information content (AvgIpc) is 2.75. The quantitative estimate of drug-likeness (QED) is 0.928. The van der Waals surface area contributed by atoms with Gasteiger partial charge in [0.05, 0.1) is 16.6 Å². The minimum Gasteiger partial charge on any atom is -0.464 e. The summed E-state index contributed by atoms with van der Waals surface area (Å²) in [6, 6.07) is 6.99. The van der Waals surface area contributed by atoms with Crippen LogP contribution in [0.5, 0.6) is 0 Å². The highest BCUT2D eigenvalue weighted by molar-refractivity contribution is 6.33. The first kappa shape index (κ1) is 13.6. The summed E-state index contributed by atoms with van der Waals surface area (Å²) in [6.45, 7) is 3.63. The lowest BCUT2D eigenvalue weighted by molar-refractivity contribution is 0.0935. The van der Waals surface area contributed by atoms with Crippen molar-refractivity contribution in [3.8, 4) is 0 Å². The molecule has 0 aliphatic heterocycles. The molecule has 1 N–H and O–H groups in total. The molecule has 2 aromatic rings. The molecular weight excluding hydrogens is 269 g/mol. The van der Waals surface area contributed by atoms with E-state index in [1.807, 2.05) is 13.0 Å². The molecule has 1 unspecified atom stereocenters. The third-order valence-corrected chi connectivity index (χ3v) is 3.02. The second-order valence-electron chi connectivity index (χ2n) is 4.27. The largest absolute Gasteiger partial charge is 0.464 e. The van der Waals surface area contributed by atoms with Crippen molar-refractivity contribution >= 4 is 17.5 Å². The molecule has 0 bridgehead atoms. The van der Waals surface area contributed by atoms with Gasteiger partial charge in [0.1, 0.15) is 17.3 Å². The molecule has 1 aromatic heterocycles. The van der Waals surface area contributed by atoms with Crippen LogP contribution in [-0.4, -0.2) is 5.91 Å². The highest BCUT2D eigenvalue weighted by Crippen LogP contribution is 2.20. The number of carbonyl (C=O) groups is 1. The lowest BCUT2D eigenvalue weighted by Crippen LogP contribution is -2.26. The monoisotopic (exact) mass is 281 g/mol. The van der Waals surface area contributed by atoms with Crippen molar-refractivity contribution in [2.45, 2.75) is 19.9 Å². The first-order chi connectivity index (χ1) is 8.97. The van der Waals surface area contributed by atoms with Crippen molar-refractivity contribution < 1.29 is 13.6 Å². The third kappa shape index (κ3) is 3.15. The van der Waals surface area contributed by atoms with Gasteiger partial charge in [0.25, 0.3) is 5.91 Å². The van der Waals surface area contributed by atoms with Gasteiger partial charge in [-0.3, -0.25) is 4.79 Å². The second kappa shape index (κ2) is 5.45. The van der Waals surface area contributed by atoms with Gasteiger partial charge in [0, 0.05) is 0 Å². The number of amides is 1. The number of carbonyl (C=O) groups excluding carboxylic acids is 1. The molecule has 0 radical (unpaired) electrons. The number of aryl methyl sites for hydroxylation is 1. The van der Waals surface area contributed by atoms with E-state index < -0.39 is 5.82 Å². The number of halogens is 2. The summed E-state index contributed by atoms with van der Waals surface area (Å²) in [5.74, 6) is 0.586. The molecule has 1 atom stereocenters. The van der Waals surface area contributed by atoms with Gasteiger partial charge in [-0.15, -0.1) is 0 Å². The first-order valence-corrected chi connectivity index (χ1v) is 6.17. The molecule has 0 saturated heterocycles. The SMILES string of the molecule is Cc1ccc(C(C)NC(=O)c2ccc(F)cc2Cl)o1. The van der Waals surface area contributed by atoms with Gasteiger partial charge in [0.15, 0.2) is 0 Å². The standard InChI is InChI=1S/C14H13ClFNO2/c1-8-3-6-13(19-8)9(2)17-14(18)11-5-4-10(16)7-12(11)15/h3-7,9H,1-2H3,(H,17,18). The topological polar surface area (TPSA) is 42.2 Å². The van der Waals surface area contributed by atoms with Gasteiger partial charge in [0.2, 0.25) is 0 Å². The Kier molecular flexibility index (Phi) is 3.90. The Morgan fingerprint density at radius 1 is 1.37 bits per heavy atom. The molecule has 5 heteroatoms. The van der Waals surface area contributed by atoms with Crippen LogP contribution in [0.15, 0.2) is 34.7 Å². The fourth-order valence-electron chi connectivity index (χ4n) is 1.71. The number of nitrogens with one attached hydrogen (secondary N) is 1. The molecule has 100 valence electrons. The van der Waals surface area contributed by atoms with Crippen LogP contribution < -0.4 is 5.32 Å². The number of rotatable bonds is 3. The number of hydrogen-bond acceptors (Lipinski definition) is 2. The summed E-state index contributed by atoms with van der Waals surface area (Å²) in [5, 5.41) is 2.83. The van der Waals surface area contributed by atoms with Crippen LogP contribution in [-0.2, 0) is 0 Å². The summed E-state index contributed by atoms with van der Waals surface area (Å²) >= 11 is 5.83. The molecule has 0 saturated carbocycles. The lowest BCUT2D eigenvalue weighted by atomic mass is 10.2. The molecule has 0 aliphatic rings. The molecule has 1 amide bonds. The Hall–Kier alpha value is -1.81. The van der Waals surface area contributed by atoms with Crippen LogP contribution in [0.1, 0.15) is 34.8 Å². The maximum absolute atomic E-state index is 12.9.